The van der Waals surface area contributed by atoms with Gasteiger partial charge in [-0.15, -0.1) is 0 Å². The first-order chi connectivity index (χ1) is 8.41. The number of nitrogens with zero attached hydrogens (tertiary/aromatic N) is 1. The highest BCUT2D eigenvalue weighted by Crippen LogP contribution is 2.26. The van der Waals surface area contributed by atoms with Gasteiger partial charge in [-0.05, 0) is 38.1 Å². The van der Waals surface area contributed by atoms with Gasteiger partial charge in [-0.2, -0.15) is 0 Å². The van der Waals surface area contributed by atoms with Crippen LogP contribution in [0.2, 0.25) is 5.02 Å². The third-order valence-electron chi connectivity index (χ3n) is 3.22. The fourth-order valence-electron chi connectivity index (χ4n) is 1.76. The van der Waals surface area contributed by atoms with Gasteiger partial charge in [0, 0.05) is 23.2 Å². The molecule has 3 N–H and O–H groups in total. The maximum Gasteiger partial charge on any atom is 0.121 e. The summed E-state index contributed by atoms with van der Waals surface area (Å²) in [5, 5.41) is 10.4. The zero-order valence-corrected chi connectivity index (χ0v) is 12.1. The van der Waals surface area contributed by atoms with Crippen molar-refractivity contribution in [2.45, 2.75) is 32.9 Å². The summed E-state index contributed by atoms with van der Waals surface area (Å²) in [6.07, 6.45) is 0.944. The molecule has 1 atom stereocenters. The van der Waals surface area contributed by atoms with E-state index in [9.17, 15) is 5.11 Å². The molecule has 3 nitrogen and oxygen atoms in total. The second-order valence-electron chi connectivity index (χ2n) is 5.17. The summed E-state index contributed by atoms with van der Waals surface area (Å²) >= 11 is 6.08. The van der Waals surface area contributed by atoms with Crippen molar-refractivity contribution >= 4 is 11.6 Å². The molecule has 1 aromatic rings. The van der Waals surface area contributed by atoms with Gasteiger partial charge in [-0.1, -0.05) is 31.5 Å². The predicted octanol–water partition coefficient (Wildman–Crippen LogP) is 2.85. The van der Waals surface area contributed by atoms with Crippen LogP contribution in [0.25, 0.3) is 0 Å². The van der Waals surface area contributed by atoms with Crippen LogP contribution in [0.3, 0.4) is 0 Å². The minimum absolute atomic E-state index is 0.215. The zero-order chi connectivity index (χ0) is 13.7. The Hall–Kier alpha value is -0.770. The normalized spacial score (nSPS) is 13.3. The lowest BCUT2D eigenvalue weighted by Crippen LogP contribution is -2.31. The average molecular weight is 271 g/mol. The van der Waals surface area contributed by atoms with E-state index in [1.807, 2.05) is 7.05 Å². The number of rotatable bonds is 6. The lowest BCUT2D eigenvalue weighted by Gasteiger charge is -2.22. The number of hydrogen-bond acceptors (Lipinski definition) is 3. The Morgan fingerprint density at radius 1 is 1.39 bits per heavy atom. The predicted molar refractivity (Wildman–Crippen MR) is 76.9 cm³/mol. The summed E-state index contributed by atoms with van der Waals surface area (Å²) in [5.41, 5.74) is 6.79. The van der Waals surface area contributed by atoms with Crippen LogP contribution in [0.5, 0.6) is 5.75 Å². The number of halogens is 1. The molecule has 4 heteroatoms. The van der Waals surface area contributed by atoms with E-state index < -0.39 is 0 Å². The van der Waals surface area contributed by atoms with Crippen molar-refractivity contribution in [1.29, 1.82) is 0 Å². The Kier molecular flexibility index (Phi) is 5.93. The third-order valence-corrected chi connectivity index (χ3v) is 3.58. The van der Waals surface area contributed by atoms with Crippen LogP contribution in [0.4, 0.5) is 0 Å². The van der Waals surface area contributed by atoms with E-state index in [-0.39, 0.29) is 11.8 Å². The molecule has 0 bridgehead atoms. The highest BCUT2D eigenvalue weighted by Gasteiger charge is 2.12. The second-order valence-corrected chi connectivity index (χ2v) is 5.58. The molecule has 0 saturated carbocycles. The molecule has 102 valence electrons. The van der Waals surface area contributed by atoms with Crippen molar-refractivity contribution in [2.75, 3.05) is 13.6 Å². The summed E-state index contributed by atoms with van der Waals surface area (Å²) in [6, 6.07) is 5.42. The first-order valence-corrected chi connectivity index (χ1v) is 6.70. The van der Waals surface area contributed by atoms with Crippen molar-refractivity contribution in [3.05, 3.63) is 28.8 Å². The first kappa shape index (κ1) is 15.3. The molecular weight excluding hydrogens is 248 g/mol. The maximum atomic E-state index is 9.77. The SMILES string of the molecule is CC(C)C(N)CCN(C)Cc1c(O)cccc1Cl. The van der Waals surface area contributed by atoms with Gasteiger partial charge in [0.1, 0.15) is 5.75 Å². The molecule has 0 aliphatic heterocycles. The Labute approximate surface area is 115 Å². The summed E-state index contributed by atoms with van der Waals surface area (Å²) in [6.45, 7) is 5.79. The van der Waals surface area contributed by atoms with Crippen LogP contribution in [-0.2, 0) is 6.54 Å². The molecule has 1 aromatic carbocycles. The molecular formula is C14H23ClN2O. The lowest BCUT2D eigenvalue weighted by atomic mass is 10.0. The molecule has 0 amide bonds. The quantitative estimate of drug-likeness (QED) is 0.836. The molecule has 18 heavy (non-hydrogen) atoms. The molecule has 1 rings (SSSR count). The molecule has 0 aliphatic rings. The van der Waals surface area contributed by atoms with Gasteiger partial charge in [-0.3, -0.25) is 0 Å². The Morgan fingerprint density at radius 2 is 2.06 bits per heavy atom. The van der Waals surface area contributed by atoms with E-state index in [0.29, 0.717) is 17.5 Å². The minimum Gasteiger partial charge on any atom is -0.508 e. The molecule has 1 unspecified atom stereocenters. The molecule has 0 radical (unpaired) electrons. The molecule has 0 heterocycles. The van der Waals surface area contributed by atoms with Crippen molar-refractivity contribution < 1.29 is 5.11 Å². The van der Waals surface area contributed by atoms with E-state index in [1.54, 1.807) is 18.2 Å². The van der Waals surface area contributed by atoms with Gasteiger partial charge in [0.25, 0.3) is 0 Å². The number of nitrogens with two attached hydrogens (primary N) is 1. The lowest BCUT2D eigenvalue weighted by molar-refractivity contribution is 0.292. The molecule has 0 saturated heterocycles. The van der Waals surface area contributed by atoms with Gasteiger partial charge < -0.3 is 15.7 Å². The summed E-state index contributed by atoms with van der Waals surface area (Å²) in [7, 11) is 2.01. The van der Waals surface area contributed by atoms with Crippen LogP contribution in [0.1, 0.15) is 25.8 Å². The molecule has 0 aliphatic carbocycles. The van der Waals surface area contributed by atoms with E-state index in [4.69, 9.17) is 17.3 Å². The first-order valence-electron chi connectivity index (χ1n) is 6.32. The summed E-state index contributed by atoms with van der Waals surface area (Å²) < 4.78 is 0. The van der Waals surface area contributed by atoms with E-state index in [1.165, 1.54) is 0 Å². The summed E-state index contributed by atoms with van der Waals surface area (Å²) in [5.74, 6) is 0.745. The average Bonchev–Trinajstić information content (AvgIpc) is 2.30. The van der Waals surface area contributed by atoms with Crippen LogP contribution in [0, 0.1) is 5.92 Å². The van der Waals surface area contributed by atoms with Gasteiger partial charge in [-0.25, -0.2) is 0 Å². The number of phenolic OH excluding ortho intramolecular Hbond substituents is 1. The van der Waals surface area contributed by atoms with E-state index in [2.05, 4.69) is 18.7 Å². The van der Waals surface area contributed by atoms with Crippen molar-refractivity contribution in [2.24, 2.45) is 11.7 Å². The zero-order valence-electron chi connectivity index (χ0n) is 11.4. The molecule has 0 aromatic heterocycles. The standard InChI is InChI=1S/C14H23ClN2O/c1-10(2)13(16)7-8-17(3)9-11-12(15)5-4-6-14(11)18/h4-6,10,13,18H,7-9,16H2,1-3H3. The van der Waals surface area contributed by atoms with Crippen LogP contribution in [-0.4, -0.2) is 29.6 Å². The smallest absolute Gasteiger partial charge is 0.121 e. The highest BCUT2D eigenvalue weighted by molar-refractivity contribution is 6.31. The molecule has 0 fully saturated rings. The van der Waals surface area contributed by atoms with Crippen LogP contribution in [0.15, 0.2) is 18.2 Å². The van der Waals surface area contributed by atoms with E-state index >= 15 is 0 Å². The largest absolute Gasteiger partial charge is 0.508 e. The Morgan fingerprint density at radius 3 is 2.61 bits per heavy atom. The minimum atomic E-state index is 0.215. The van der Waals surface area contributed by atoms with Crippen LogP contribution < -0.4 is 5.73 Å². The fourth-order valence-corrected chi connectivity index (χ4v) is 1.98. The highest BCUT2D eigenvalue weighted by atomic mass is 35.5. The fraction of sp³-hybridized carbons (Fsp3) is 0.571. The van der Waals surface area contributed by atoms with Gasteiger partial charge in [0.2, 0.25) is 0 Å². The molecule has 0 spiro atoms. The van der Waals surface area contributed by atoms with Crippen molar-refractivity contribution in [3.8, 4) is 5.75 Å². The third kappa shape index (κ3) is 4.48. The van der Waals surface area contributed by atoms with Gasteiger partial charge >= 0.3 is 0 Å². The number of phenols is 1. The number of aromatic hydroxyl groups is 1. The monoisotopic (exact) mass is 270 g/mol. The number of benzene rings is 1. The Balaban J connectivity index is 2.52. The van der Waals surface area contributed by atoms with Crippen molar-refractivity contribution in [3.63, 3.8) is 0 Å². The van der Waals surface area contributed by atoms with Gasteiger partial charge in [0.05, 0.1) is 0 Å². The van der Waals surface area contributed by atoms with E-state index in [0.717, 1.165) is 18.5 Å². The van der Waals surface area contributed by atoms with Crippen LogP contribution >= 0.6 is 11.6 Å². The van der Waals surface area contributed by atoms with Gasteiger partial charge in [0.15, 0.2) is 0 Å². The second kappa shape index (κ2) is 6.98. The number of hydrogen-bond donors (Lipinski definition) is 2. The topological polar surface area (TPSA) is 49.5 Å². The summed E-state index contributed by atoms with van der Waals surface area (Å²) in [4.78, 5) is 2.13. The van der Waals surface area contributed by atoms with Crippen molar-refractivity contribution in [1.82, 2.24) is 4.90 Å². The Bertz CT molecular complexity index is 362. The maximum absolute atomic E-state index is 9.77.